The lowest BCUT2D eigenvalue weighted by atomic mass is 9.74. The molecule has 0 N–H and O–H groups in total. The van der Waals surface area contributed by atoms with E-state index >= 15 is 0 Å². The number of fused-ring (bicyclic) bond motifs is 4. The first-order valence-corrected chi connectivity index (χ1v) is 9.42. The molecule has 2 aromatic rings. The third kappa shape index (κ3) is 2.07. The highest BCUT2D eigenvalue weighted by Crippen LogP contribution is 2.51. The Labute approximate surface area is 155 Å². The molecule has 1 heteroatoms. The van der Waals surface area contributed by atoms with Gasteiger partial charge in [-0.1, -0.05) is 74.6 Å². The van der Waals surface area contributed by atoms with Crippen LogP contribution in [0.2, 0.25) is 0 Å². The summed E-state index contributed by atoms with van der Waals surface area (Å²) in [7, 11) is 0. The van der Waals surface area contributed by atoms with Crippen molar-refractivity contribution in [2.45, 2.75) is 26.2 Å². The van der Waals surface area contributed by atoms with Crippen molar-refractivity contribution >= 4 is 5.71 Å². The van der Waals surface area contributed by atoms with Crippen molar-refractivity contribution in [3.8, 4) is 11.1 Å². The zero-order chi connectivity index (χ0) is 17.9. The molecule has 26 heavy (non-hydrogen) atoms. The number of allylic oxidation sites excluding steroid dienone is 5. The fraction of sp³-hybridized carbons (Fsp3) is 0.240. The molecule has 0 radical (unpaired) electrons. The van der Waals surface area contributed by atoms with Crippen molar-refractivity contribution in [3.63, 3.8) is 0 Å². The largest absolute Gasteiger partial charge is 0.260 e. The zero-order valence-corrected chi connectivity index (χ0v) is 15.5. The first-order valence-electron chi connectivity index (χ1n) is 9.42. The molecule has 0 amide bonds. The van der Waals surface area contributed by atoms with E-state index in [9.17, 15) is 0 Å². The van der Waals surface area contributed by atoms with E-state index in [1.165, 1.54) is 39.1 Å². The molecule has 2 unspecified atom stereocenters. The van der Waals surface area contributed by atoms with Crippen LogP contribution in [0.4, 0.5) is 0 Å². The van der Waals surface area contributed by atoms with E-state index in [1.807, 2.05) is 6.20 Å². The molecule has 2 aliphatic carbocycles. The monoisotopic (exact) mass is 337 g/mol. The van der Waals surface area contributed by atoms with Crippen LogP contribution in [0.15, 0.2) is 78.0 Å². The molecule has 0 bridgehead atoms. The van der Waals surface area contributed by atoms with Gasteiger partial charge in [0.1, 0.15) is 0 Å². The lowest BCUT2D eigenvalue weighted by Gasteiger charge is -2.30. The maximum absolute atomic E-state index is 4.88. The third-order valence-electron chi connectivity index (χ3n) is 6.09. The van der Waals surface area contributed by atoms with E-state index in [-0.39, 0.29) is 5.41 Å². The minimum Gasteiger partial charge on any atom is -0.260 e. The van der Waals surface area contributed by atoms with E-state index < -0.39 is 0 Å². The number of hydrogen-bond acceptors (Lipinski definition) is 1. The highest BCUT2D eigenvalue weighted by Gasteiger charge is 2.39. The van der Waals surface area contributed by atoms with Crippen molar-refractivity contribution in [2.24, 2.45) is 16.8 Å². The van der Waals surface area contributed by atoms with Gasteiger partial charge >= 0.3 is 0 Å². The quantitative estimate of drug-likeness (QED) is 0.607. The molecule has 128 valence electrons. The Morgan fingerprint density at radius 2 is 1.65 bits per heavy atom. The van der Waals surface area contributed by atoms with Crippen LogP contribution >= 0.6 is 0 Å². The van der Waals surface area contributed by atoms with Gasteiger partial charge in [0.2, 0.25) is 0 Å². The third-order valence-corrected chi connectivity index (χ3v) is 6.09. The minimum absolute atomic E-state index is 0.0115. The van der Waals surface area contributed by atoms with Crippen molar-refractivity contribution in [3.05, 3.63) is 95.2 Å². The lowest BCUT2D eigenvalue weighted by molar-refractivity contribution is 0.652. The van der Waals surface area contributed by atoms with Crippen LogP contribution in [0, 0.1) is 18.8 Å². The molecular weight excluding hydrogens is 314 g/mol. The van der Waals surface area contributed by atoms with Gasteiger partial charge in [-0.3, -0.25) is 4.99 Å². The molecule has 0 fully saturated rings. The maximum atomic E-state index is 4.88. The van der Waals surface area contributed by atoms with Gasteiger partial charge in [0.05, 0.1) is 5.71 Å². The molecular formula is C25H23N. The van der Waals surface area contributed by atoms with E-state index in [2.05, 4.69) is 87.5 Å². The fourth-order valence-electron chi connectivity index (χ4n) is 4.91. The zero-order valence-electron chi connectivity index (χ0n) is 15.5. The Hall–Kier alpha value is -2.67. The summed E-state index contributed by atoms with van der Waals surface area (Å²) in [5.74, 6) is 0.742. The second kappa shape index (κ2) is 5.41. The summed E-state index contributed by atoms with van der Waals surface area (Å²) in [5, 5.41) is 0. The SMILES string of the molecule is Cc1cc(C2=NC=CC3C=CC=CC23)c2c(c1)-c1ccccc1C2(C)C. The highest BCUT2D eigenvalue weighted by molar-refractivity contribution is 6.08. The smallest absolute Gasteiger partial charge is 0.0556 e. The number of nitrogens with zero attached hydrogens (tertiary/aromatic N) is 1. The van der Waals surface area contributed by atoms with Gasteiger partial charge in [0, 0.05) is 29.0 Å². The number of rotatable bonds is 1. The van der Waals surface area contributed by atoms with E-state index in [1.54, 1.807) is 0 Å². The van der Waals surface area contributed by atoms with Gasteiger partial charge in [-0.2, -0.15) is 0 Å². The van der Waals surface area contributed by atoms with Crippen LogP contribution in [-0.4, -0.2) is 5.71 Å². The standard InChI is InChI=1S/C25H23N/c1-16-14-20-19-10-6-7-11-22(19)25(2,3)23(20)21(15-16)24-18-9-5-4-8-17(18)12-13-26-24/h4-15,17-18H,1-3H3. The van der Waals surface area contributed by atoms with Crippen LogP contribution in [-0.2, 0) is 5.41 Å². The van der Waals surface area contributed by atoms with E-state index in [0.29, 0.717) is 11.8 Å². The number of aliphatic imine (C=N–C) groups is 1. The molecule has 0 saturated carbocycles. The van der Waals surface area contributed by atoms with Crippen LogP contribution < -0.4 is 0 Å². The Kier molecular flexibility index (Phi) is 3.24. The fourth-order valence-corrected chi connectivity index (χ4v) is 4.91. The number of hydrogen-bond donors (Lipinski definition) is 0. The van der Waals surface area contributed by atoms with Crippen molar-refractivity contribution in [2.75, 3.05) is 0 Å². The molecule has 3 aliphatic rings. The summed E-state index contributed by atoms with van der Waals surface area (Å²) in [6.45, 7) is 6.90. The molecule has 0 aromatic heterocycles. The van der Waals surface area contributed by atoms with Gasteiger partial charge in [0.15, 0.2) is 0 Å². The molecule has 1 aliphatic heterocycles. The molecule has 2 atom stereocenters. The highest BCUT2D eigenvalue weighted by atomic mass is 14.7. The van der Waals surface area contributed by atoms with Crippen LogP contribution in [0.5, 0.6) is 0 Å². The first kappa shape index (κ1) is 15.6. The van der Waals surface area contributed by atoms with Crippen molar-refractivity contribution in [1.82, 2.24) is 0 Å². The number of aryl methyl sites for hydroxylation is 1. The van der Waals surface area contributed by atoms with Crippen molar-refractivity contribution < 1.29 is 0 Å². The van der Waals surface area contributed by atoms with Gasteiger partial charge in [-0.05, 0) is 40.8 Å². The van der Waals surface area contributed by atoms with Crippen molar-refractivity contribution in [1.29, 1.82) is 0 Å². The summed E-state index contributed by atoms with van der Waals surface area (Å²) >= 11 is 0. The Morgan fingerprint density at radius 3 is 2.54 bits per heavy atom. The van der Waals surface area contributed by atoms with Crippen LogP contribution in [0.25, 0.3) is 11.1 Å². The second-order valence-electron chi connectivity index (χ2n) is 8.13. The van der Waals surface area contributed by atoms with E-state index in [4.69, 9.17) is 4.99 Å². The average molecular weight is 337 g/mol. The van der Waals surface area contributed by atoms with Gasteiger partial charge in [-0.25, -0.2) is 0 Å². The normalized spacial score (nSPS) is 24.0. The Balaban J connectivity index is 1.78. The van der Waals surface area contributed by atoms with Crippen LogP contribution in [0.1, 0.15) is 36.1 Å². The van der Waals surface area contributed by atoms with Gasteiger partial charge in [0.25, 0.3) is 0 Å². The van der Waals surface area contributed by atoms with E-state index in [0.717, 1.165) is 0 Å². The first-order chi connectivity index (χ1) is 12.6. The molecule has 0 spiro atoms. The van der Waals surface area contributed by atoms with Gasteiger partial charge in [-0.15, -0.1) is 0 Å². The molecule has 2 aromatic carbocycles. The summed E-state index contributed by atoms with van der Waals surface area (Å²) < 4.78 is 0. The van der Waals surface area contributed by atoms with Crippen LogP contribution in [0.3, 0.4) is 0 Å². The summed E-state index contributed by atoms with van der Waals surface area (Å²) in [6.07, 6.45) is 13.1. The average Bonchev–Trinajstić information content (AvgIpc) is 2.88. The predicted molar refractivity (Wildman–Crippen MR) is 110 cm³/mol. The molecule has 0 saturated heterocycles. The second-order valence-corrected chi connectivity index (χ2v) is 8.13. The minimum atomic E-state index is -0.0115. The summed E-state index contributed by atoms with van der Waals surface area (Å²) in [6, 6.07) is 13.5. The maximum Gasteiger partial charge on any atom is 0.0556 e. The number of benzene rings is 2. The summed E-state index contributed by atoms with van der Waals surface area (Å²) in [5.41, 5.74) is 9.42. The topological polar surface area (TPSA) is 12.4 Å². The lowest BCUT2D eigenvalue weighted by Crippen LogP contribution is -2.28. The van der Waals surface area contributed by atoms with Gasteiger partial charge < -0.3 is 0 Å². The predicted octanol–water partition coefficient (Wildman–Crippen LogP) is 5.98. The molecule has 1 heterocycles. The summed E-state index contributed by atoms with van der Waals surface area (Å²) in [4.78, 5) is 4.88. The molecule has 1 nitrogen and oxygen atoms in total. The molecule has 5 rings (SSSR count). The Bertz CT molecular complexity index is 1030. The Morgan fingerprint density at radius 1 is 0.885 bits per heavy atom.